The smallest absolute Gasteiger partial charge is 0.248 e. The molecule has 6 heteroatoms. The molecule has 0 radical (unpaired) electrons. The van der Waals surface area contributed by atoms with Crippen molar-refractivity contribution in [3.05, 3.63) is 42.6 Å². The lowest BCUT2D eigenvalue weighted by Gasteiger charge is -2.31. The van der Waals surface area contributed by atoms with Crippen molar-refractivity contribution in [2.45, 2.75) is 25.7 Å². The van der Waals surface area contributed by atoms with Gasteiger partial charge < -0.3 is 9.47 Å². The predicted molar refractivity (Wildman–Crippen MR) is 87.6 cm³/mol. The van der Waals surface area contributed by atoms with Crippen molar-refractivity contribution in [2.24, 2.45) is 7.05 Å². The SMILES string of the molecule is C=C(C)C(=O)N1CCC(c2cncc(-c3nccn3C)n2)CC1. The van der Waals surface area contributed by atoms with E-state index in [4.69, 9.17) is 4.98 Å². The minimum absolute atomic E-state index is 0.0521. The molecule has 3 heterocycles. The zero-order chi connectivity index (χ0) is 16.4. The van der Waals surface area contributed by atoms with E-state index in [0.717, 1.165) is 43.1 Å². The van der Waals surface area contributed by atoms with Crippen molar-refractivity contribution in [3.63, 3.8) is 0 Å². The topological polar surface area (TPSA) is 63.9 Å². The van der Waals surface area contributed by atoms with Crippen LogP contribution in [0.4, 0.5) is 0 Å². The highest BCUT2D eigenvalue weighted by atomic mass is 16.2. The number of imidazole rings is 1. The molecule has 2 aromatic rings. The monoisotopic (exact) mass is 311 g/mol. The molecule has 1 aliphatic rings. The van der Waals surface area contributed by atoms with E-state index in [1.165, 1.54) is 0 Å². The van der Waals surface area contributed by atoms with Gasteiger partial charge in [-0.2, -0.15) is 0 Å². The molecule has 1 aliphatic heterocycles. The van der Waals surface area contributed by atoms with E-state index in [1.807, 2.05) is 28.9 Å². The predicted octanol–water partition coefficient (Wildman–Crippen LogP) is 2.16. The quantitative estimate of drug-likeness (QED) is 0.815. The second kappa shape index (κ2) is 6.32. The second-order valence-electron chi connectivity index (χ2n) is 6.04. The second-order valence-corrected chi connectivity index (χ2v) is 6.04. The maximum atomic E-state index is 12.0. The third-order valence-electron chi connectivity index (χ3n) is 4.27. The fourth-order valence-corrected chi connectivity index (χ4v) is 2.95. The Labute approximate surface area is 135 Å². The first-order valence-electron chi connectivity index (χ1n) is 7.80. The normalized spacial score (nSPS) is 15.7. The highest BCUT2D eigenvalue weighted by Gasteiger charge is 2.25. The first kappa shape index (κ1) is 15.4. The molecule has 0 unspecified atom stereocenters. The van der Waals surface area contributed by atoms with Gasteiger partial charge in [-0.1, -0.05) is 6.58 Å². The Morgan fingerprint density at radius 1 is 1.30 bits per heavy atom. The lowest BCUT2D eigenvalue weighted by Crippen LogP contribution is -2.38. The van der Waals surface area contributed by atoms with Crippen molar-refractivity contribution in [2.75, 3.05) is 13.1 Å². The Balaban J connectivity index is 1.73. The van der Waals surface area contributed by atoms with Gasteiger partial charge in [0.1, 0.15) is 5.69 Å². The molecular weight excluding hydrogens is 290 g/mol. The van der Waals surface area contributed by atoms with Gasteiger partial charge in [-0.05, 0) is 19.8 Å². The summed E-state index contributed by atoms with van der Waals surface area (Å²) in [5.74, 6) is 1.20. The highest BCUT2D eigenvalue weighted by Crippen LogP contribution is 2.28. The Kier molecular flexibility index (Phi) is 4.23. The molecule has 0 saturated carbocycles. The van der Waals surface area contributed by atoms with E-state index < -0.39 is 0 Å². The van der Waals surface area contributed by atoms with E-state index in [2.05, 4.69) is 16.5 Å². The zero-order valence-electron chi connectivity index (χ0n) is 13.6. The fraction of sp³-hybridized carbons (Fsp3) is 0.412. The van der Waals surface area contributed by atoms with Crippen LogP contribution in [0.5, 0.6) is 0 Å². The van der Waals surface area contributed by atoms with Crippen LogP contribution in [-0.4, -0.2) is 43.4 Å². The molecule has 120 valence electrons. The van der Waals surface area contributed by atoms with Crippen molar-refractivity contribution in [1.29, 1.82) is 0 Å². The van der Waals surface area contributed by atoms with Crippen molar-refractivity contribution < 1.29 is 4.79 Å². The Morgan fingerprint density at radius 2 is 2.04 bits per heavy atom. The van der Waals surface area contributed by atoms with Gasteiger partial charge >= 0.3 is 0 Å². The highest BCUT2D eigenvalue weighted by molar-refractivity contribution is 5.92. The summed E-state index contributed by atoms with van der Waals surface area (Å²) < 4.78 is 1.93. The Morgan fingerprint density at radius 3 is 2.65 bits per heavy atom. The van der Waals surface area contributed by atoms with Crippen LogP contribution in [0.2, 0.25) is 0 Å². The lowest BCUT2D eigenvalue weighted by atomic mass is 9.93. The van der Waals surface area contributed by atoms with Gasteiger partial charge in [0.05, 0.1) is 11.9 Å². The first-order chi connectivity index (χ1) is 11.1. The summed E-state index contributed by atoms with van der Waals surface area (Å²) in [6.07, 6.45) is 9.02. The molecular formula is C17H21N5O. The molecule has 0 aromatic carbocycles. The van der Waals surface area contributed by atoms with Crippen molar-refractivity contribution >= 4 is 5.91 Å². The summed E-state index contributed by atoms with van der Waals surface area (Å²) in [4.78, 5) is 27.2. The maximum absolute atomic E-state index is 12.0. The first-order valence-corrected chi connectivity index (χ1v) is 7.80. The van der Waals surface area contributed by atoms with Gasteiger partial charge in [0.2, 0.25) is 5.91 Å². The van der Waals surface area contributed by atoms with Crippen molar-refractivity contribution in [3.8, 4) is 11.5 Å². The van der Waals surface area contributed by atoms with E-state index in [9.17, 15) is 4.79 Å². The molecule has 1 saturated heterocycles. The third kappa shape index (κ3) is 3.16. The minimum Gasteiger partial charge on any atom is -0.339 e. The largest absolute Gasteiger partial charge is 0.339 e. The molecule has 0 spiro atoms. The molecule has 1 amide bonds. The van der Waals surface area contributed by atoms with Gasteiger partial charge in [-0.3, -0.25) is 9.78 Å². The van der Waals surface area contributed by atoms with E-state index in [0.29, 0.717) is 11.5 Å². The van der Waals surface area contributed by atoms with Crippen LogP contribution in [0.1, 0.15) is 31.4 Å². The minimum atomic E-state index is 0.0521. The number of aryl methyl sites for hydroxylation is 1. The van der Waals surface area contributed by atoms with Crippen LogP contribution in [-0.2, 0) is 11.8 Å². The molecule has 0 bridgehead atoms. The van der Waals surface area contributed by atoms with Crippen LogP contribution < -0.4 is 0 Å². The summed E-state index contributed by atoms with van der Waals surface area (Å²) >= 11 is 0. The number of amides is 1. The molecule has 2 aromatic heterocycles. The summed E-state index contributed by atoms with van der Waals surface area (Å²) in [6.45, 7) is 6.97. The number of likely N-dealkylation sites (tertiary alicyclic amines) is 1. The number of rotatable bonds is 3. The maximum Gasteiger partial charge on any atom is 0.248 e. The van der Waals surface area contributed by atoms with Crippen LogP contribution in [0.15, 0.2) is 36.9 Å². The van der Waals surface area contributed by atoms with E-state index >= 15 is 0 Å². The van der Waals surface area contributed by atoms with E-state index in [-0.39, 0.29) is 5.91 Å². The van der Waals surface area contributed by atoms with Gasteiger partial charge in [-0.25, -0.2) is 9.97 Å². The van der Waals surface area contributed by atoms with Gasteiger partial charge in [-0.15, -0.1) is 0 Å². The summed E-state index contributed by atoms with van der Waals surface area (Å²) in [5.41, 5.74) is 2.36. The van der Waals surface area contributed by atoms with Gasteiger partial charge in [0.15, 0.2) is 5.82 Å². The number of piperidine rings is 1. The standard InChI is InChI=1S/C17H21N5O/c1-12(2)17(23)22-7-4-13(5-8-22)14-10-18-11-15(20-14)16-19-6-9-21(16)3/h6,9-11,13H,1,4-5,7-8H2,2-3H3. The molecule has 0 N–H and O–H groups in total. The number of hydrogen-bond donors (Lipinski definition) is 0. The van der Waals surface area contributed by atoms with E-state index in [1.54, 1.807) is 19.3 Å². The number of carbonyl (C=O) groups excluding carboxylic acids is 1. The average molecular weight is 311 g/mol. The van der Waals surface area contributed by atoms with Gasteiger partial charge in [0, 0.05) is 50.2 Å². The molecule has 0 atom stereocenters. The summed E-state index contributed by atoms with van der Waals surface area (Å²) in [5, 5.41) is 0. The average Bonchev–Trinajstić information content (AvgIpc) is 3.00. The number of carbonyl (C=O) groups is 1. The van der Waals surface area contributed by atoms with Crippen LogP contribution in [0.25, 0.3) is 11.5 Å². The number of nitrogens with zero attached hydrogens (tertiary/aromatic N) is 5. The molecule has 23 heavy (non-hydrogen) atoms. The fourth-order valence-electron chi connectivity index (χ4n) is 2.95. The summed E-state index contributed by atoms with van der Waals surface area (Å²) in [7, 11) is 1.94. The molecule has 3 rings (SSSR count). The molecule has 0 aliphatic carbocycles. The molecule has 1 fully saturated rings. The van der Waals surface area contributed by atoms with Crippen LogP contribution >= 0.6 is 0 Å². The zero-order valence-corrected chi connectivity index (χ0v) is 13.6. The van der Waals surface area contributed by atoms with Gasteiger partial charge in [0.25, 0.3) is 0 Å². The number of hydrogen-bond acceptors (Lipinski definition) is 4. The third-order valence-corrected chi connectivity index (χ3v) is 4.27. The Hall–Kier alpha value is -2.50. The summed E-state index contributed by atoms with van der Waals surface area (Å²) in [6, 6.07) is 0. The lowest BCUT2D eigenvalue weighted by molar-refractivity contribution is -0.128. The van der Waals surface area contributed by atoms with Crippen LogP contribution in [0.3, 0.4) is 0 Å². The number of aromatic nitrogens is 4. The molecule has 6 nitrogen and oxygen atoms in total. The Bertz CT molecular complexity index is 728. The van der Waals surface area contributed by atoms with Crippen molar-refractivity contribution in [1.82, 2.24) is 24.4 Å². The van der Waals surface area contributed by atoms with Crippen LogP contribution in [0, 0.1) is 0 Å².